The summed E-state index contributed by atoms with van der Waals surface area (Å²) in [5, 5.41) is 3.81. The van der Waals surface area contributed by atoms with E-state index in [0.717, 1.165) is 4.47 Å². The fourth-order valence-electron chi connectivity index (χ4n) is 1.21. The molecule has 5 heteroatoms. The number of carbonyl (C=O) groups is 1. The molecule has 0 aliphatic rings. The number of rotatable bonds is 3. The van der Waals surface area contributed by atoms with Crippen molar-refractivity contribution >= 4 is 27.6 Å². The molecule has 1 aromatic carbocycles. The molecule has 0 saturated carbocycles. The Morgan fingerprint density at radius 1 is 1.38 bits per heavy atom. The summed E-state index contributed by atoms with van der Waals surface area (Å²) in [6.07, 6.45) is 0. The molecule has 16 heavy (non-hydrogen) atoms. The van der Waals surface area contributed by atoms with Crippen LogP contribution >= 0.6 is 15.9 Å². The van der Waals surface area contributed by atoms with E-state index < -0.39 is 0 Å². The minimum atomic E-state index is -0.367. The molecular formula is C11H12BrNO3. The lowest BCUT2D eigenvalue weighted by atomic mass is 10.1. The largest absolute Gasteiger partial charge is 0.426 e. The molecule has 0 saturated heterocycles. The van der Waals surface area contributed by atoms with Gasteiger partial charge in [-0.3, -0.25) is 4.79 Å². The van der Waals surface area contributed by atoms with Crippen LogP contribution in [-0.4, -0.2) is 18.8 Å². The zero-order chi connectivity index (χ0) is 12.1. The normalized spacial score (nSPS) is 11.1. The summed E-state index contributed by atoms with van der Waals surface area (Å²) in [6, 6.07) is 5.31. The maximum absolute atomic E-state index is 10.9. The van der Waals surface area contributed by atoms with Crippen LogP contribution in [-0.2, 0) is 9.63 Å². The van der Waals surface area contributed by atoms with Crippen LogP contribution in [0.2, 0.25) is 0 Å². The van der Waals surface area contributed by atoms with Crippen LogP contribution in [0.1, 0.15) is 19.4 Å². The lowest BCUT2D eigenvalue weighted by Crippen LogP contribution is -2.06. The summed E-state index contributed by atoms with van der Waals surface area (Å²) in [6.45, 7) is 3.13. The molecule has 4 nitrogen and oxygen atoms in total. The standard InChI is InChI=1S/C11H12BrNO3/c1-7(13-15-3)10-6-9(12)4-5-11(10)16-8(2)14/h4-6H,1-3H3/b13-7+. The fraction of sp³-hybridized carbons (Fsp3) is 0.273. The van der Waals surface area contributed by atoms with E-state index in [4.69, 9.17) is 9.57 Å². The Bertz CT molecular complexity index is 429. The molecule has 0 aliphatic carbocycles. The number of carbonyl (C=O) groups excluding carboxylic acids is 1. The Hall–Kier alpha value is -1.36. The average molecular weight is 286 g/mol. The Morgan fingerprint density at radius 3 is 2.62 bits per heavy atom. The molecule has 0 bridgehead atoms. The Balaban J connectivity index is 3.17. The number of benzene rings is 1. The van der Waals surface area contributed by atoms with Gasteiger partial charge in [0.1, 0.15) is 12.9 Å². The van der Waals surface area contributed by atoms with Crippen LogP contribution in [0, 0.1) is 0 Å². The highest BCUT2D eigenvalue weighted by molar-refractivity contribution is 9.10. The summed E-state index contributed by atoms with van der Waals surface area (Å²) in [5.41, 5.74) is 1.35. The van der Waals surface area contributed by atoms with Gasteiger partial charge in [-0.1, -0.05) is 21.1 Å². The molecule has 0 atom stereocenters. The Morgan fingerprint density at radius 2 is 2.06 bits per heavy atom. The van der Waals surface area contributed by atoms with Crippen molar-refractivity contribution in [3.63, 3.8) is 0 Å². The molecule has 0 spiro atoms. The van der Waals surface area contributed by atoms with E-state index >= 15 is 0 Å². The monoisotopic (exact) mass is 285 g/mol. The van der Waals surface area contributed by atoms with Gasteiger partial charge in [0.05, 0.1) is 5.71 Å². The molecule has 0 N–H and O–H groups in total. The van der Waals surface area contributed by atoms with Gasteiger partial charge in [-0.2, -0.15) is 0 Å². The van der Waals surface area contributed by atoms with E-state index in [2.05, 4.69) is 21.1 Å². The van der Waals surface area contributed by atoms with Crippen LogP contribution in [0.4, 0.5) is 0 Å². The fourth-order valence-corrected chi connectivity index (χ4v) is 1.58. The van der Waals surface area contributed by atoms with Crippen LogP contribution in [0.5, 0.6) is 5.75 Å². The third-order valence-electron chi connectivity index (χ3n) is 1.81. The highest BCUT2D eigenvalue weighted by Crippen LogP contribution is 2.24. The van der Waals surface area contributed by atoms with Crippen LogP contribution < -0.4 is 4.74 Å². The summed E-state index contributed by atoms with van der Waals surface area (Å²) < 4.78 is 5.95. The van der Waals surface area contributed by atoms with E-state index in [0.29, 0.717) is 17.0 Å². The topological polar surface area (TPSA) is 47.9 Å². The first-order valence-electron chi connectivity index (χ1n) is 4.60. The second-order valence-electron chi connectivity index (χ2n) is 3.09. The van der Waals surface area contributed by atoms with Crippen molar-refractivity contribution in [2.24, 2.45) is 5.16 Å². The van der Waals surface area contributed by atoms with Crippen LogP contribution in [0.25, 0.3) is 0 Å². The van der Waals surface area contributed by atoms with Crippen molar-refractivity contribution in [1.29, 1.82) is 0 Å². The number of hydrogen-bond acceptors (Lipinski definition) is 4. The summed E-state index contributed by atoms with van der Waals surface area (Å²) >= 11 is 3.35. The molecule has 0 heterocycles. The number of hydrogen-bond donors (Lipinski definition) is 0. The molecule has 0 radical (unpaired) electrons. The molecule has 0 aliphatic heterocycles. The SMILES string of the molecule is CO/N=C(\C)c1cc(Br)ccc1OC(C)=O. The van der Waals surface area contributed by atoms with Crippen molar-refractivity contribution in [3.05, 3.63) is 28.2 Å². The maximum atomic E-state index is 10.9. The predicted octanol–water partition coefficient (Wildman–Crippen LogP) is 2.74. The molecule has 0 amide bonds. The predicted molar refractivity (Wildman–Crippen MR) is 64.7 cm³/mol. The number of ether oxygens (including phenoxy) is 1. The minimum absolute atomic E-state index is 0.367. The average Bonchev–Trinajstić information content (AvgIpc) is 2.20. The summed E-state index contributed by atoms with van der Waals surface area (Å²) in [7, 11) is 1.47. The first-order valence-corrected chi connectivity index (χ1v) is 5.40. The van der Waals surface area contributed by atoms with Gasteiger partial charge in [-0.15, -0.1) is 0 Å². The van der Waals surface area contributed by atoms with Crippen LogP contribution in [0.3, 0.4) is 0 Å². The van der Waals surface area contributed by atoms with E-state index in [1.807, 2.05) is 6.07 Å². The van der Waals surface area contributed by atoms with Crippen molar-refractivity contribution in [2.45, 2.75) is 13.8 Å². The van der Waals surface area contributed by atoms with E-state index in [9.17, 15) is 4.79 Å². The molecule has 86 valence electrons. The lowest BCUT2D eigenvalue weighted by molar-refractivity contribution is -0.131. The molecule has 0 aromatic heterocycles. The molecule has 1 aromatic rings. The second kappa shape index (κ2) is 5.65. The maximum Gasteiger partial charge on any atom is 0.308 e. The smallest absolute Gasteiger partial charge is 0.308 e. The van der Waals surface area contributed by atoms with Gasteiger partial charge in [0.25, 0.3) is 0 Å². The number of oxime groups is 1. The van der Waals surface area contributed by atoms with Crippen molar-refractivity contribution in [1.82, 2.24) is 0 Å². The molecular weight excluding hydrogens is 274 g/mol. The van der Waals surface area contributed by atoms with Gasteiger partial charge in [-0.05, 0) is 25.1 Å². The highest BCUT2D eigenvalue weighted by atomic mass is 79.9. The van der Waals surface area contributed by atoms with E-state index in [1.165, 1.54) is 14.0 Å². The third kappa shape index (κ3) is 3.34. The van der Waals surface area contributed by atoms with Gasteiger partial charge in [-0.25, -0.2) is 0 Å². The summed E-state index contributed by atoms with van der Waals surface area (Å²) in [4.78, 5) is 15.6. The zero-order valence-corrected chi connectivity index (χ0v) is 10.9. The van der Waals surface area contributed by atoms with Gasteiger partial charge >= 0.3 is 5.97 Å². The van der Waals surface area contributed by atoms with Crippen LogP contribution in [0.15, 0.2) is 27.8 Å². The van der Waals surface area contributed by atoms with Gasteiger partial charge < -0.3 is 9.57 Å². The number of nitrogens with zero attached hydrogens (tertiary/aromatic N) is 1. The molecule has 0 fully saturated rings. The summed E-state index contributed by atoms with van der Waals surface area (Å²) in [5.74, 6) is 0.0998. The lowest BCUT2D eigenvalue weighted by Gasteiger charge is -2.08. The van der Waals surface area contributed by atoms with Gasteiger partial charge in [0.2, 0.25) is 0 Å². The van der Waals surface area contributed by atoms with Crippen molar-refractivity contribution in [2.75, 3.05) is 7.11 Å². The molecule has 1 rings (SSSR count). The third-order valence-corrected chi connectivity index (χ3v) is 2.31. The van der Waals surface area contributed by atoms with Gasteiger partial charge in [0.15, 0.2) is 0 Å². The molecule has 0 unspecified atom stereocenters. The van der Waals surface area contributed by atoms with E-state index in [1.54, 1.807) is 19.1 Å². The number of halogens is 1. The second-order valence-corrected chi connectivity index (χ2v) is 4.01. The van der Waals surface area contributed by atoms with Crippen molar-refractivity contribution < 1.29 is 14.4 Å². The van der Waals surface area contributed by atoms with Crippen molar-refractivity contribution in [3.8, 4) is 5.75 Å². The highest BCUT2D eigenvalue weighted by Gasteiger charge is 2.10. The first-order chi connectivity index (χ1) is 7.54. The first kappa shape index (κ1) is 12.7. The Labute approximate surface area is 102 Å². The van der Waals surface area contributed by atoms with E-state index in [-0.39, 0.29) is 5.97 Å². The quantitative estimate of drug-likeness (QED) is 0.371. The van der Waals surface area contributed by atoms with Gasteiger partial charge in [0, 0.05) is 17.0 Å². The minimum Gasteiger partial charge on any atom is -0.426 e. The number of esters is 1. The Kier molecular flexibility index (Phi) is 4.49. The zero-order valence-electron chi connectivity index (χ0n) is 9.28.